The Morgan fingerprint density at radius 3 is 2.73 bits per heavy atom. The minimum Gasteiger partial charge on any atom is -0.463 e. The van der Waals surface area contributed by atoms with Crippen LogP contribution in [0.3, 0.4) is 0 Å². The van der Waals surface area contributed by atoms with Gasteiger partial charge in [0.15, 0.2) is 0 Å². The third-order valence-electron chi connectivity index (χ3n) is 6.17. The lowest BCUT2D eigenvalue weighted by atomic mass is 9.92. The van der Waals surface area contributed by atoms with Crippen molar-refractivity contribution in [1.82, 2.24) is 9.61 Å². The van der Waals surface area contributed by atoms with Gasteiger partial charge in [-0.3, -0.25) is 4.79 Å². The summed E-state index contributed by atoms with van der Waals surface area (Å²) >= 11 is 0. The zero-order valence-electron chi connectivity index (χ0n) is 16.6. The van der Waals surface area contributed by atoms with E-state index in [1.807, 2.05) is 6.07 Å². The zero-order chi connectivity index (χ0) is 21.3. The first kappa shape index (κ1) is 20.6. The predicted octanol–water partition coefficient (Wildman–Crippen LogP) is 1.27. The highest BCUT2D eigenvalue weighted by Gasteiger charge is 2.57. The number of nitriles is 1. The van der Waals surface area contributed by atoms with E-state index in [0.29, 0.717) is 11.2 Å². The fourth-order valence-corrected chi connectivity index (χ4v) is 4.43. The molecule has 0 radical (unpaired) electrons. The predicted molar refractivity (Wildman–Crippen MR) is 106 cm³/mol. The van der Waals surface area contributed by atoms with Crippen LogP contribution in [0.15, 0.2) is 24.4 Å². The summed E-state index contributed by atoms with van der Waals surface area (Å²) in [5.41, 5.74) is 5.33. The Balaban J connectivity index is 1.53. The number of carbonyl (C=O) groups is 1. The second kappa shape index (κ2) is 8.22. The number of carbonyl (C=O) groups excluding carboxylic acids is 1. The molecule has 0 amide bonds. The fraction of sp³-hybridized carbons (Fsp3) is 0.571. The van der Waals surface area contributed by atoms with Gasteiger partial charge in [-0.05, 0) is 31.0 Å². The van der Waals surface area contributed by atoms with Gasteiger partial charge >= 0.3 is 5.97 Å². The number of rotatable bonds is 4. The molecular weight excluding hydrogens is 388 g/mol. The van der Waals surface area contributed by atoms with Crippen LogP contribution in [0.25, 0.3) is 5.52 Å². The molecule has 0 aromatic carbocycles. The summed E-state index contributed by atoms with van der Waals surface area (Å²) in [7, 11) is 0. The molecule has 4 atom stereocenters. The van der Waals surface area contributed by atoms with Crippen molar-refractivity contribution in [2.24, 2.45) is 5.92 Å². The number of aromatic nitrogens is 2. The molecule has 1 aliphatic carbocycles. The SMILES string of the molecule is N#C[C@@]1(c2ccc3c(N)ccnn23)O[C@H](COC(=O)C2CCCCCC2)[C@@H](O)[C@H]1O. The van der Waals surface area contributed by atoms with Crippen molar-refractivity contribution in [3.63, 3.8) is 0 Å². The zero-order valence-corrected chi connectivity index (χ0v) is 16.6. The molecule has 30 heavy (non-hydrogen) atoms. The van der Waals surface area contributed by atoms with Crippen molar-refractivity contribution in [1.29, 1.82) is 5.26 Å². The Morgan fingerprint density at radius 1 is 1.30 bits per heavy atom. The third kappa shape index (κ3) is 3.41. The summed E-state index contributed by atoms with van der Waals surface area (Å²) in [5, 5.41) is 35.4. The number of hydrogen-bond donors (Lipinski definition) is 3. The Labute approximate surface area is 174 Å². The maximum atomic E-state index is 12.5. The van der Waals surface area contributed by atoms with Crippen molar-refractivity contribution in [3.8, 4) is 6.07 Å². The molecule has 1 saturated heterocycles. The number of nitrogens with two attached hydrogens (primary N) is 1. The molecule has 3 heterocycles. The van der Waals surface area contributed by atoms with Crippen LogP contribution in [0.1, 0.15) is 44.2 Å². The second-order valence-corrected chi connectivity index (χ2v) is 8.06. The van der Waals surface area contributed by atoms with E-state index >= 15 is 0 Å². The lowest BCUT2D eigenvalue weighted by molar-refractivity contribution is -0.155. The number of anilines is 1. The molecule has 9 nitrogen and oxygen atoms in total. The Morgan fingerprint density at radius 2 is 2.03 bits per heavy atom. The van der Waals surface area contributed by atoms with E-state index in [9.17, 15) is 20.3 Å². The van der Waals surface area contributed by atoms with E-state index in [1.165, 1.54) is 10.7 Å². The van der Waals surface area contributed by atoms with E-state index in [4.69, 9.17) is 15.2 Å². The number of aliphatic hydroxyl groups is 2. The van der Waals surface area contributed by atoms with Crippen LogP contribution in [0.2, 0.25) is 0 Å². The number of aliphatic hydroxyl groups excluding tert-OH is 2. The van der Waals surface area contributed by atoms with Crippen LogP contribution in [0.4, 0.5) is 5.69 Å². The first-order valence-electron chi connectivity index (χ1n) is 10.3. The monoisotopic (exact) mass is 414 g/mol. The molecule has 0 bridgehead atoms. The topological polar surface area (TPSA) is 143 Å². The fourth-order valence-electron chi connectivity index (χ4n) is 4.43. The van der Waals surface area contributed by atoms with E-state index in [1.54, 1.807) is 18.2 Å². The molecule has 1 aliphatic heterocycles. The van der Waals surface area contributed by atoms with Crippen LogP contribution < -0.4 is 5.73 Å². The van der Waals surface area contributed by atoms with Crippen molar-refractivity contribution in [2.45, 2.75) is 62.4 Å². The standard InChI is InChI=1S/C21H26N4O5/c22-12-21(17-8-7-15-14(23)9-10-24-25(15)17)19(27)18(26)16(30-21)11-29-20(28)13-5-3-1-2-4-6-13/h7-10,13,16,18-19,26-27H,1-6,11,23H2/t16-,18-,19-,21+/m1/s1. The summed E-state index contributed by atoms with van der Waals surface area (Å²) in [6.45, 7) is -0.240. The number of esters is 1. The summed E-state index contributed by atoms with van der Waals surface area (Å²) < 4.78 is 12.7. The number of nitrogen functional groups attached to an aromatic ring is 1. The van der Waals surface area contributed by atoms with Gasteiger partial charge in [0.1, 0.15) is 31.0 Å². The number of fused-ring (bicyclic) bond motifs is 1. The molecule has 0 spiro atoms. The van der Waals surface area contributed by atoms with Crippen molar-refractivity contribution in [2.75, 3.05) is 12.3 Å². The molecule has 1 saturated carbocycles. The quantitative estimate of drug-likeness (QED) is 0.501. The average Bonchev–Trinajstić information content (AvgIpc) is 3.14. The largest absolute Gasteiger partial charge is 0.463 e. The minimum absolute atomic E-state index is 0.154. The highest BCUT2D eigenvalue weighted by molar-refractivity contribution is 5.72. The number of nitrogens with zero attached hydrogens (tertiary/aromatic N) is 3. The highest BCUT2D eigenvalue weighted by atomic mass is 16.6. The third-order valence-corrected chi connectivity index (χ3v) is 6.17. The second-order valence-electron chi connectivity index (χ2n) is 8.06. The van der Waals surface area contributed by atoms with Gasteiger partial charge in [0.05, 0.1) is 22.8 Å². The molecule has 160 valence electrons. The average molecular weight is 414 g/mol. The first-order valence-corrected chi connectivity index (χ1v) is 10.3. The van der Waals surface area contributed by atoms with Crippen molar-refractivity contribution in [3.05, 3.63) is 30.1 Å². The summed E-state index contributed by atoms with van der Waals surface area (Å²) in [4.78, 5) is 12.5. The first-order chi connectivity index (χ1) is 14.5. The molecule has 4 rings (SSSR count). The number of ether oxygens (including phenoxy) is 2. The smallest absolute Gasteiger partial charge is 0.309 e. The molecule has 2 aliphatic rings. The van der Waals surface area contributed by atoms with Crippen LogP contribution in [-0.2, 0) is 19.9 Å². The van der Waals surface area contributed by atoms with Gasteiger partial charge in [-0.25, -0.2) is 4.52 Å². The normalized spacial score (nSPS) is 30.1. The molecule has 9 heteroatoms. The van der Waals surface area contributed by atoms with Gasteiger partial charge in [-0.1, -0.05) is 25.7 Å². The van der Waals surface area contributed by atoms with Gasteiger partial charge in [0.2, 0.25) is 5.60 Å². The Hall–Kier alpha value is -2.67. The van der Waals surface area contributed by atoms with E-state index in [2.05, 4.69) is 5.10 Å². The van der Waals surface area contributed by atoms with E-state index in [-0.39, 0.29) is 24.2 Å². The number of hydrogen-bond acceptors (Lipinski definition) is 8. The van der Waals surface area contributed by atoms with Crippen LogP contribution in [0.5, 0.6) is 0 Å². The Bertz CT molecular complexity index is 962. The molecule has 2 aromatic rings. The minimum atomic E-state index is -1.87. The van der Waals surface area contributed by atoms with Crippen LogP contribution >= 0.6 is 0 Å². The van der Waals surface area contributed by atoms with Gasteiger partial charge in [0, 0.05) is 6.20 Å². The molecular formula is C21H26N4O5. The maximum absolute atomic E-state index is 12.5. The van der Waals surface area contributed by atoms with Crippen LogP contribution in [-0.4, -0.2) is 50.7 Å². The van der Waals surface area contributed by atoms with Gasteiger partial charge in [-0.15, -0.1) is 0 Å². The summed E-state index contributed by atoms with van der Waals surface area (Å²) in [5.74, 6) is -0.474. The van der Waals surface area contributed by atoms with Gasteiger partial charge in [0.25, 0.3) is 0 Å². The molecule has 0 unspecified atom stereocenters. The molecule has 4 N–H and O–H groups in total. The Kier molecular flexibility index (Phi) is 5.64. The molecule has 2 aromatic heterocycles. The lowest BCUT2D eigenvalue weighted by Crippen LogP contribution is -2.41. The van der Waals surface area contributed by atoms with Crippen LogP contribution in [0, 0.1) is 17.2 Å². The van der Waals surface area contributed by atoms with Crippen molar-refractivity contribution < 1.29 is 24.5 Å². The van der Waals surface area contributed by atoms with Crippen molar-refractivity contribution >= 4 is 17.2 Å². The maximum Gasteiger partial charge on any atom is 0.309 e. The summed E-state index contributed by atoms with van der Waals surface area (Å²) in [6.07, 6.45) is 3.29. The summed E-state index contributed by atoms with van der Waals surface area (Å²) in [6, 6.07) is 6.85. The van der Waals surface area contributed by atoms with E-state index < -0.39 is 23.9 Å². The van der Waals surface area contributed by atoms with Gasteiger partial charge < -0.3 is 25.4 Å². The highest BCUT2D eigenvalue weighted by Crippen LogP contribution is 2.40. The molecule has 2 fully saturated rings. The van der Waals surface area contributed by atoms with E-state index in [0.717, 1.165) is 38.5 Å². The van der Waals surface area contributed by atoms with Gasteiger partial charge in [-0.2, -0.15) is 10.4 Å². The lowest BCUT2D eigenvalue weighted by Gasteiger charge is -2.24.